The first-order valence-electron chi connectivity index (χ1n) is 9.20. The van der Waals surface area contributed by atoms with Crippen molar-refractivity contribution < 1.29 is 18.4 Å². The second-order valence-electron chi connectivity index (χ2n) is 6.85. The zero-order valence-corrected chi connectivity index (χ0v) is 16.2. The highest BCUT2D eigenvalue weighted by molar-refractivity contribution is 5.97. The third kappa shape index (κ3) is 5.40. The van der Waals surface area contributed by atoms with Gasteiger partial charge in [0.2, 0.25) is 5.91 Å². The molecule has 0 bridgehead atoms. The van der Waals surface area contributed by atoms with Crippen molar-refractivity contribution in [3.8, 4) is 0 Å². The van der Waals surface area contributed by atoms with Crippen molar-refractivity contribution >= 4 is 17.6 Å². The van der Waals surface area contributed by atoms with Gasteiger partial charge in [-0.25, -0.2) is 13.8 Å². The van der Waals surface area contributed by atoms with E-state index >= 15 is 0 Å². The number of nitrogens with zero attached hydrogens (tertiary/aromatic N) is 1. The van der Waals surface area contributed by atoms with Crippen molar-refractivity contribution in [3.63, 3.8) is 0 Å². The zero-order valence-electron chi connectivity index (χ0n) is 16.2. The van der Waals surface area contributed by atoms with E-state index < -0.39 is 29.5 Å². The first kappa shape index (κ1) is 21.0. The lowest BCUT2D eigenvalue weighted by atomic mass is 10.0. The van der Waals surface area contributed by atoms with Crippen LogP contribution >= 0.6 is 0 Å². The number of benzene rings is 1. The molecule has 0 aliphatic rings. The van der Waals surface area contributed by atoms with E-state index in [2.05, 4.69) is 20.6 Å². The topological polar surface area (TPSA) is 113 Å². The summed E-state index contributed by atoms with van der Waals surface area (Å²) in [5, 5.41) is 5.33. The Morgan fingerprint density at radius 3 is 2.47 bits per heavy atom. The molecule has 1 atom stereocenters. The Morgan fingerprint density at radius 2 is 1.87 bits per heavy atom. The summed E-state index contributed by atoms with van der Waals surface area (Å²) in [5.41, 5.74) is 7.50. The normalized spacial score (nSPS) is 11.7. The fraction of sp³-hybridized carbons (Fsp3) is 0.190. The van der Waals surface area contributed by atoms with Crippen molar-refractivity contribution in [2.75, 3.05) is 5.73 Å². The number of aryl methyl sites for hydroxylation is 1. The van der Waals surface area contributed by atoms with Crippen LogP contribution in [0, 0.1) is 18.6 Å². The molecule has 1 aromatic carbocycles. The number of anilines is 1. The van der Waals surface area contributed by atoms with Crippen molar-refractivity contribution in [2.24, 2.45) is 0 Å². The van der Waals surface area contributed by atoms with Crippen molar-refractivity contribution in [1.82, 2.24) is 20.6 Å². The fourth-order valence-electron chi connectivity index (χ4n) is 2.95. The first-order chi connectivity index (χ1) is 14.3. The van der Waals surface area contributed by atoms with E-state index in [0.717, 1.165) is 18.2 Å². The second-order valence-corrected chi connectivity index (χ2v) is 6.85. The molecular weight excluding hydrogens is 392 g/mol. The summed E-state index contributed by atoms with van der Waals surface area (Å²) in [7, 11) is 0. The van der Waals surface area contributed by atoms with Gasteiger partial charge in [0, 0.05) is 31.4 Å². The number of aromatic amines is 1. The minimum Gasteiger partial charge on any atom is -0.384 e. The van der Waals surface area contributed by atoms with Crippen molar-refractivity contribution in [1.29, 1.82) is 0 Å². The van der Waals surface area contributed by atoms with Gasteiger partial charge in [-0.2, -0.15) is 0 Å². The molecule has 0 saturated carbocycles. The van der Waals surface area contributed by atoms with E-state index in [4.69, 9.17) is 5.73 Å². The molecule has 7 nitrogen and oxygen atoms in total. The molecule has 0 fully saturated rings. The third-order valence-electron chi connectivity index (χ3n) is 4.48. The van der Waals surface area contributed by atoms with Crippen molar-refractivity contribution in [2.45, 2.75) is 25.9 Å². The minimum atomic E-state index is -1.05. The SMILES string of the molecule is Cc1cc[nH]c1C(=O)N[C@@H](Cc1cc(F)cc(F)c1)C(=O)NCc1ccc(N)nc1. The van der Waals surface area contributed by atoms with Gasteiger partial charge in [0.05, 0.1) is 0 Å². The van der Waals surface area contributed by atoms with Crippen LogP contribution in [0.4, 0.5) is 14.6 Å². The second kappa shape index (κ2) is 9.17. The number of rotatable bonds is 7. The molecule has 3 rings (SSSR count). The highest BCUT2D eigenvalue weighted by atomic mass is 19.1. The van der Waals surface area contributed by atoms with E-state index in [1.165, 1.54) is 6.20 Å². The Morgan fingerprint density at radius 1 is 1.13 bits per heavy atom. The number of pyridine rings is 1. The summed E-state index contributed by atoms with van der Waals surface area (Å²) in [5.74, 6) is -2.17. The lowest BCUT2D eigenvalue weighted by Crippen LogP contribution is -2.48. The molecule has 156 valence electrons. The number of aromatic nitrogens is 2. The van der Waals surface area contributed by atoms with Gasteiger partial charge >= 0.3 is 0 Å². The van der Waals surface area contributed by atoms with Crippen LogP contribution in [0.15, 0.2) is 48.8 Å². The minimum absolute atomic E-state index is 0.0913. The van der Waals surface area contributed by atoms with Gasteiger partial charge < -0.3 is 21.4 Å². The smallest absolute Gasteiger partial charge is 0.268 e. The predicted molar refractivity (Wildman–Crippen MR) is 107 cm³/mol. The lowest BCUT2D eigenvalue weighted by molar-refractivity contribution is -0.123. The van der Waals surface area contributed by atoms with E-state index in [1.54, 1.807) is 31.3 Å². The van der Waals surface area contributed by atoms with Crippen LogP contribution in [0.25, 0.3) is 0 Å². The Balaban J connectivity index is 1.76. The summed E-state index contributed by atoms with van der Waals surface area (Å²) in [6.07, 6.45) is 3.04. The standard InChI is InChI=1S/C21H21F2N5O2/c1-12-4-5-25-19(12)21(30)28-17(8-14-6-15(22)9-16(23)7-14)20(29)27-11-13-2-3-18(24)26-10-13/h2-7,9-10,17,25H,8,11H2,1H3,(H2,24,26)(H,27,29)(H,28,30)/t17-/m0/s1. The molecule has 2 amide bonds. The van der Waals surface area contributed by atoms with Crippen LogP contribution in [0.2, 0.25) is 0 Å². The highest BCUT2D eigenvalue weighted by Gasteiger charge is 2.23. The molecule has 0 radical (unpaired) electrons. The number of hydrogen-bond donors (Lipinski definition) is 4. The maximum Gasteiger partial charge on any atom is 0.268 e. The molecule has 2 heterocycles. The van der Waals surface area contributed by atoms with Crippen LogP contribution in [0.3, 0.4) is 0 Å². The predicted octanol–water partition coefficient (Wildman–Crippen LogP) is 2.24. The third-order valence-corrected chi connectivity index (χ3v) is 4.48. The van der Waals surface area contributed by atoms with Gasteiger partial charge in [-0.1, -0.05) is 6.07 Å². The van der Waals surface area contributed by atoms with Gasteiger partial charge in [-0.3, -0.25) is 9.59 Å². The van der Waals surface area contributed by atoms with Crippen LogP contribution in [0.5, 0.6) is 0 Å². The number of hydrogen-bond acceptors (Lipinski definition) is 4. The maximum absolute atomic E-state index is 13.6. The summed E-state index contributed by atoms with van der Waals surface area (Å²) < 4.78 is 27.1. The largest absolute Gasteiger partial charge is 0.384 e. The molecule has 3 aromatic rings. The summed E-state index contributed by atoms with van der Waals surface area (Å²) in [6.45, 7) is 1.90. The number of amides is 2. The number of H-pyrrole nitrogens is 1. The van der Waals surface area contributed by atoms with E-state index in [1.807, 2.05) is 0 Å². The molecule has 0 spiro atoms. The van der Waals surface area contributed by atoms with Gasteiger partial charge in [0.15, 0.2) is 0 Å². The molecule has 5 N–H and O–H groups in total. The summed E-state index contributed by atoms with van der Waals surface area (Å²) in [4.78, 5) is 32.1. The molecular formula is C21H21F2N5O2. The van der Waals surface area contributed by atoms with Crippen LogP contribution < -0.4 is 16.4 Å². The average molecular weight is 413 g/mol. The van der Waals surface area contributed by atoms with Gasteiger partial charge in [0.1, 0.15) is 29.2 Å². The highest BCUT2D eigenvalue weighted by Crippen LogP contribution is 2.12. The molecule has 0 aliphatic carbocycles. The van der Waals surface area contributed by atoms with Crippen molar-refractivity contribution in [3.05, 3.63) is 82.8 Å². The Bertz CT molecular complexity index is 1030. The maximum atomic E-state index is 13.6. The first-order valence-corrected chi connectivity index (χ1v) is 9.20. The van der Waals surface area contributed by atoms with E-state index in [-0.39, 0.29) is 18.5 Å². The van der Waals surface area contributed by atoms with Crippen LogP contribution in [-0.4, -0.2) is 27.8 Å². The quantitative estimate of drug-likeness (QED) is 0.476. The van der Waals surface area contributed by atoms with Gasteiger partial charge in [-0.15, -0.1) is 0 Å². The number of carbonyl (C=O) groups is 2. The molecule has 9 heteroatoms. The Hall–Kier alpha value is -3.75. The number of nitrogens with two attached hydrogens (primary N) is 1. The monoisotopic (exact) mass is 413 g/mol. The summed E-state index contributed by atoms with van der Waals surface area (Å²) >= 11 is 0. The molecule has 2 aromatic heterocycles. The Kier molecular flexibility index (Phi) is 6.41. The Labute approximate surface area is 171 Å². The number of halogens is 2. The average Bonchev–Trinajstić information content (AvgIpc) is 3.12. The summed E-state index contributed by atoms with van der Waals surface area (Å²) in [6, 6.07) is 6.97. The fourth-order valence-corrected chi connectivity index (χ4v) is 2.95. The molecule has 30 heavy (non-hydrogen) atoms. The number of nitrogens with one attached hydrogen (secondary N) is 3. The van der Waals surface area contributed by atoms with E-state index in [9.17, 15) is 18.4 Å². The van der Waals surface area contributed by atoms with Crippen LogP contribution in [-0.2, 0) is 17.8 Å². The van der Waals surface area contributed by atoms with E-state index in [0.29, 0.717) is 22.6 Å². The number of carbonyl (C=O) groups excluding carboxylic acids is 2. The number of nitrogen functional groups attached to an aromatic ring is 1. The van der Waals surface area contributed by atoms with Crippen LogP contribution in [0.1, 0.15) is 27.2 Å². The molecule has 0 saturated heterocycles. The lowest BCUT2D eigenvalue weighted by Gasteiger charge is -2.19. The zero-order chi connectivity index (χ0) is 21.7. The van der Waals surface area contributed by atoms with Gasteiger partial charge in [0.25, 0.3) is 5.91 Å². The molecule has 0 unspecified atom stereocenters. The van der Waals surface area contributed by atoms with Gasteiger partial charge in [-0.05, 0) is 47.9 Å². The molecule has 0 aliphatic heterocycles.